The standard InChI is InChI=1S/C6H8N2OS.ClH/c1-2-10-6(8-1)9-5-3-7-4-5;/h1-2,5,7H,3-4H2;1H. The highest BCUT2D eigenvalue weighted by Gasteiger charge is 2.18. The Bertz CT molecular complexity index is 200. The maximum absolute atomic E-state index is 5.44. The zero-order valence-electron chi connectivity index (χ0n) is 5.82. The van der Waals surface area contributed by atoms with Crippen molar-refractivity contribution in [3.63, 3.8) is 0 Å². The smallest absolute Gasteiger partial charge is 0.273 e. The van der Waals surface area contributed by atoms with E-state index in [-0.39, 0.29) is 12.4 Å². The van der Waals surface area contributed by atoms with Crippen LogP contribution in [0.25, 0.3) is 0 Å². The monoisotopic (exact) mass is 192 g/mol. The zero-order valence-corrected chi connectivity index (χ0v) is 7.45. The first-order chi connectivity index (χ1) is 4.95. The number of hydrogen-bond acceptors (Lipinski definition) is 4. The minimum absolute atomic E-state index is 0. The molecule has 1 N–H and O–H groups in total. The molecule has 2 heterocycles. The first-order valence-corrected chi connectivity index (χ1v) is 4.10. The Hall–Kier alpha value is -0.320. The first-order valence-electron chi connectivity index (χ1n) is 3.22. The molecule has 0 bridgehead atoms. The summed E-state index contributed by atoms with van der Waals surface area (Å²) in [5, 5.41) is 5.83. The topological polar surface area (TPSA) is 34.1 Å². The predicted octanol–water partition coefficient (Wildman–Crippen LogP) is 0.915. The van der Waals surface area contributed by atoms with Crippen molar-refractivity contribution in [3.8, 4) is 5.19 Å². The van der Waals surface area contributed by atoms with Crippen molar-refractivity contribution in [3.05, 3.63) is 11.6 Å². The average molecular weight is 193 g/mol. The molecule has 3 nitrogen and oxygen atoms in total. The molecule has 0 spiro atoms. The second kappa shape index (κ2) is 3.90. The van der Waals surface area contributed by atoms with Gasteiger partial charge in [0.25, 0.3) is 5.19 Å². The van der Waals surface area contributed by atoms with Crippen LogP contribution >= 0.6 is 23.7 Å². The molecule has 0 saturated carbocycles. The van der Waals surface area contributed by atoms with Gasteiger partial charge in [-0.2, -0.15) is 0 Å². The molecule has 0 atom stereocenters. The molecule has 5 heteroatoms. The third-order valence-corrected chi connectivity index (χ3v) is 2.08. The molecule has 0 amide bonds. The largest absolute Gasteiger partial charge is 0.464 e. The maximum Gasteiger partial charge on any atom is 0.273 e. The highest BCUT2D eigenvalue weighted by atomic mass is 35.5. The molecule has 1 aliphatic rings. The Morgan fingerprint density at radius 1 is 1.64 bits per heavy atom. The number of aromatic nitrogens is 1. The van der Waals surface area contributed by atoms with Gasteiger partial charge in [-0.25, -0.2) is 4.98 Å². The molecule has 0 aliphatic carbocycles. The van der Waals surface area contributed by atoms with Crippen LogP contribution in [0, 0.1) is 0 Å². The van der Waals surface area contributed by atoms with E-state index in [4.69, 9.17) is 4.74 Å². The van der Waals surface area contributed by atoms with Gasteiger partial charge in [0, 0.05) is 24.7 Å². The third-order valence-electron chi connectivity index (χ3n) is 1.42. The Balaban J connectivity index is 0.000000605. The number of nitrogens with zero attached hydrogens (tertiary/aromatic N) is 1. The summed E-state index contributed by atoms with van der Waals surface area (Å²) in [4.78, 5) is 4.01. The van der Waals surface area contributed by atoms with Crippen molar-refractivity contribution < 1.29 is 4.74 Å². The van der Waals surface area contributed by atoms with Crippen molar-refractivity contribution in [1.29, 1.82) is 0 Å². The van der Waals surface area contributed by atoms with Gasteiger partial charge in [-0.15, -0.1) is 12.4 Å². The van der Waals surface area contributed by atoms with Gasteiger partial charge < -0.3 is 10.1 Å². The summed E-state index contributed by atoms with van der Waals surface area (Å²) >= 11 is 1.54. The minimum atomic E-state index is 0. The predicted molar refractivity (Wildman–Crippen MR) is 46.6 cm³/mol. The number of halogens is 1. The van der Waals surface area contributed by atoms with Gasteiger partial charge in [0.05, 0.1) is 0 Å². The van der Waals surface area contributed by atoms with E-state index < -0.39 is 0 Å². The van der Waals surface area contributed by atoms with E-state index >= 15 is 0 Å². The zero-order chi connectivity index (χ0) is 6.81. The second-order valence-electron chi connectivity index (χ2n) is 2.20. The lowest BCUT2D eigenvalue weighted by Crippen LogP contribution is -2.50. The molecule has 0 unspecified atom stereocenters. The van der Waals surface area contributed by atoms with Crippen LogP contribution in [0.5, 0.6) is 5.19 Å². The fourth-order valence-electron chi connectivity index (χ4n) is 0.757. The van der Waals surface area contributed by atoms with Crippen molar-refractivity contribution in [2.75, 3.05) is 13.1 Å². The lowest BCUT2D eigenvalue weighted by molar-refractivity contribution is 0.142. The Morgan fingerprint density at radius 3 is 2.91 bits per heavy atom. The molecule has 1 aromatic rings. The van der Waals surface area contributed by atoms with Crippen LogP contribution < -0.4 is 10.1 Å². The van der Waals surface area contributed by atoms with E-state index in [2.05, 4.69) is 10.3 Å². The number of ether oxygens (including phenoxy) is 1. The van der Waals surface area contributed by atoms with Crippen LogP contribution in [0.3, 0.4) is 0 Å². The molecule has 11 heavy (non-hydrogen) atoms. The normalized spacial score (nSPS) is 16.7. The van der Waals surface area contributed by atoms with Crippen LogP contribution in [0.15, 0.2) is 11.6 Å². The highest BCUT2D eigenvalue weighted by molar-refractivity contribution is 7.11. The Labute approximate surface area is 75.2 Å². The maximum atomic E-state index is 5.44. The van der Waals surface area contributed by atoms with Crippen LogP contribution in [0.2, 0.25) is 0 Å². The van der Waals surface area contributed by atoms with Crippen LogP contribution in [0.4, 0.5) is 0 Å². The number of nitrogens with one attached hydrogen (secondary N) is 1. The third kappa shape index (κ3) is 2.05. The fourth-order valence-corrected chi connectivity index (χ4v) is 1.31. The molecule has 2 rings (SSSR count). The first kappa shape index (κ1) is 8.77. The molecule has 62 valence electrons. The average Bonchev–Trinajstić information content (AvgIpc) is 2.29. The van der Waals surface area contributed by atoms with Crippen molar-refractivity contribution >= 4 is 23.7 Å². The van der Waals surface area contributed by atoms with Crippen molar-refractivity contribution in [2.24, 2.45) is 0 Å². The van der Waals surface area contributed by atoms with E-state index in [1.807, 2.05) is 5.38 Å². The molecule has 0 aromatic carbocycles. The van der Waals surface area contributed by atoms with Gasteiger partial charge in [0.15, 0.2) is 0 Å². The minimum Gasteiger partial charge on any atom is -0.464 e. The Kier molecular flexibility index (Phi) is 3.11. The molecule has 1 aliphatic heterocycles. The molecular formula is C6H9ClN2OS. The van der Waals surface area contributed by atoms with Gasteiger partial charge >= 0.3 is 0 Å². The van der Waals surface area contributed by atoms with E-state index in [9.17, 15) is 0 Å². The van der Waals surface area contributed by atoms with E-state index in [1.165, 1.54) is 11.3 Å². The van der Waals surface area contributed by atoms with E-state index in [1.54, 1.807) is 6.20 Å². The summed E-state index contributed by atoms with van der Waals surface area (Å²) in [5.74, 6) is 0. The summed E-state index contributed by atoms with van der Waals surface area (Å²) in [7, 11) is 0. The molecule has 0 radical (unpaired) electrons. The summed E-state index contributed by atoms with van der Waals surface area (Å²) in [5.41, 5.74) is 0. The van der Waals surface area contributed by atoms with Crippen LogP contribution in [-0.4, -0.2) is 24.2 Å². The lowest BCUT2D eigenvalue weighted by Gasteiger charge is -2.26. The fraction of sp³-hybridized carbons (Fsp3) is 0.500. The van der Waals surface area contributed by atoms with Gasteiger partial charge in [0.2, 0.25) is 0 Å². The van der Waals surface area contributed by atoms with E-state index in [0.717, 1.165) is 18.3 Å². The molecular weight excluding hydrogens is 184 g/mol. The molecule has 1 aromatic heterocycles. The summed E-state index contributed by atoms with van der Waals surface area (Å²) in [6.45, 7) is 1.92. The Morgan fingerprint density at radius 2 is 2.45 bits per heavy atom. The van der Waals surface area contributed by atoms with Gasteiger partial charge in [-0.05, 0) is 0 Å². The van der Waals surface area contributed by atoms with Gasteiger partial charge in [0.1, 0.15) is 6.10 Å². The number of rotatable bonds is 2. The summed E-state index contributed by atoms with van der Waals surface area (Å²) in [6, 6.07) is 0. The number of hydrogen-bond donors (Lipinski definition) is 1. The van der Waals surface area contributed by atoms with Crippen LogP contribution in [0.1, 0.15) is 0 Å². The second-order valence-corrected chi connectivity index (χ2v) is 3.05. The lowest BCUT2D eigenvalue weighted by atomic mass is 10.2. The summed E-state index contributed by atoms with van der Waals surface area (Å²) in [6.07, 6.45) is 2.11. The van der Waals surface area contributed by atoms with Crippen molar-refractivity contribution in [1.82, 2.24) is 10.3 Å². The van der Waals surface area contributed by atoms with Crippen LogP contribution in [-0.2, 0) is 0 Å². The number of thiazole rings is 1. The molecule has 1 fully saturated rings. The van der Waals surface area contributed by atoms with Gasteiger partial charge in [-0.3, -0.25) is 0 Å². The summed E-state index contributed by atoms with van der Waals surface area (Å²) < 4.78 is 5.44. The highest BCUT2D eigenvalue weighted by Crippen LogP contribution is 2.16. The van der Waals surface area contributed by atoms with Crippen molar-refractivity contribution in [2.45, 2.75) is 6.10 Å². The quantitative estimate of drug-likeness (QED) is 0.757. The van der Waals surface area contributed by atoms with E-state index in [0.29, 0.717) is 6.10 Å². The van der Waals surface area contributed by atoms with Gasteiger partial charge in [-0.1, -0.05) is 11.3 Å². The molecule has 1 saturated heterocycles. The SMILES string of the molecule is Cl.c1csc(OC2CNC2)n1.